The van der Waals surface area contributed by atoms with Crippen LogP contribution in [0.1, 0.15) is 39.0 Å². The molecule has 3 nitrogen and oxygen atoms in total. The van der Waals surface area contributed by atoms with Crippen molar-refractivity contribution in [3.8, 4) is 0 Å². The van der Waals surface area contributed by atoms with Crippen LogP contribution in [0.5, 0.6) is 0 Å². The maximum atomic E-state index is 9.09. The van der Waals surface area contributed by atoms with Crippen molar-refractivity contribution in [3.63, 3.8) is 0 Å². The fourth-order valence-corrected chi connectivity index (χ4v) is 3.41. The van der Waals surface area contributed by atoms with Crippen molar-refractivity contribution in [2.45, 2.75) is 51.1 Å². The summed E-state index contributed by atoms with van der Waals surface area (Å²) in [6.45, 7) is 2.20. The van der Waals surface area contributed by atoms with Gasteiger partial charge >= 0.3 is 0 Å². The number of aliphatic hydroxyl groups excluding tert-OH is 1. The highest BCUT2D eigenvalue weighted by atomic mass is 32.1. The first-order chi connectivity index (χ1) is 7.72. The predicted molar refractivity (Wildman–Crippen MR) is 69.3 cm³/mol. The fraction of sp³-hybridized carbons (Fsp3) is 0.917. The van der Waals surface area contributed by atoms with Crippen LogP contribution in [0.25, 0.3) is 0 Å². The topological polar surface area (TPSA) is 44.3 Å². The Balaban J connectivity index is 1.75. The number of fused-ring (bicyclic) bond motifs is 2. The summed E-state index contributed by atoms with van der Waals surface area (Å²) in [5.74, 6) is 1.77. The average molecular weight is 242 g/mol. The van der Waals surface area contributed by atoms with Gasteiger partial charge in [0.15, 0.2) is 5.11 Å². The van der Waals surface area contributed by atoms with Crippen molar-refractivity contribution >= 4 is 17.3 Å². The van der Waals surface area contributed by atoms with Crippen LogP contribution >= 0.6 is 12.2 Å². The van der Waals surface area contributed by atoms with E-state index in [4.69, 9.17) is 17.3 Å². The van der Waals surface area contributed by atoms with E-state index in [-0.39, 0.29) is 12.6 Å². The van der Waals surface area contributed by atoms with Crippen molar-refractivity contribution < 1.29 is 5.11 Å². The second-order valence-electron chi connectivity index (χ2n) is 5.19. The van der Waals surface area contributed by atoms with Crippen molar-refractivity contribution in [1.29, 1.82) is 0 Å². The first-order valence-corrected chi connectivity index (χ1v) is 6.81. The number of rotatable bonds is 4. The Kier molecular flexibility index (Phi) is 4.03. The Morgan fingerprint density at radius 3 is 2.75 bits per heavy atom. The zero-order chi connectivity index (χ0) is 11.5. The molecule has 0 spiro atoms. The minimum Gasteiger partial charge on any atom is -0.394 e. The number of thiocarbonyl (C=S) groups is 1. The minimum absolute atomic E-state index is 0.0959. The van der Waals surface area contributed by atoms with Gasteiger partial charge in [0.2, 0.25) is 0 Å². The summed E-state index contributed by atoms with van der Waals surface area (Å²) in [6.07, 6.45) is 6.34. The van der Waals surface area contributed by atoms with Gasteiger partial charge in [-0.05, 0) is 49.7 Å². The van der Waals surface area contributed by atoms with Crippen LogP contribution in [0, 0.1) is 11.8 Å². The molecule has 2 fully saturated rings. The molecule has 4 heteroatoms. The third-order valence-corrected chi connectivity index (χ3v) is 4.34. The van der Waals surface area contributed by atoms with E-state index >= 15 is 0 Å². The van der Waals surface area contributed by atoms with Crippen LogP contribution in [0.3, 0.4) is 0 Å². The number of nitrogens with one attached hydrogen (secondary N) is 2. The molecule has 0 amide bonds. The largest absolute Gasteiger partial charge is 0.394 e. The van der Waals surface area contributed by atoms with Gasteiger partial charge in [-0.15, -0.1) is 0 Å². The number of aliphatic hydroxyl groups is 1. The van der Waals surface area contributed by atoms with Gasteiger partial charge in [-0.25, -0.2) is 0 Å². The molecule has 3 N–H and O–H groups in total. The van der Waals surface area contributed by atoms with Gasteiger partial charge in [0.1, 0.15) is 0 Å². The molecule has 4 unspecified atom stereocenters. The Bertz CT molecular complexity index is 255. The molecule has 16 heavy (non-hydrogen) atoms. The predicted octanol–water partition coefficient (Wildman–Crippen LogP) is 1.41. The van der Waals surface area contributed by atoms with E-state index in [1.165, 1.54) is 25.7 Å². The Morgan fingerprint density at radius 2 is 2.25 bits per heavy atom. The summed E-state index contributed by atoms with van der Waals surface area (Å²) in [5, 5.41) is 16.4. The summed E-state index contributed by atoms with van der Waals surface area (Å²) in [5.41, 5.74) is 0. The maximum Gasteiger partial charge on any atom is 0.166 e. The molecule has 2 aliphatic rings. The van der Waals surface area contributed by atoms with Gasteiger partial charge in [-0.3, -0.25) is 0 Å². The summed E-state index contributed by atoms with van der Waals surface area (Å²) in [6, 6.07) is 0.675. The monoisotopic (exact) mass is 242 g/mol. The molecule has 0 aromatic rings. The lowest BCUT2D eigenvalue weighted by atomic mass is 9.95. The quantitative estimate of drug-likeness (QED) is 0.652. The van der Waals surface area contributed by atoms with Crippen LogP contribution in [-0.4, -0.2) is 28.9 Å². The fourth-order valence-electron chi connectivity index (χ4n) is 3.09. The lowest BCUT2D eigenvalue weighted by molar-refractivity contribution is 0.251. The van der Waals surface area contributed by atoms with E-state index < -0.39 is 0 Å². The van der Waals surface area contributed by atoms with E-state index in [1.807, 2.05) is 6.92 Å². The lowest BCUT2D eigenvalue weighted by Gasteiger charge is -2.26. The average Bonchev–Trinajstić information content (AvgIpc) is 2.87. The van der Waals surface area contributed by atoms with Crippen LogP contribution in [0.2, 0.25) is 0 Å². The highest BCUT2D eigenvalue weighted by Gasteiger charge is 2.39. The molecule has 0 aromatic heterocycles. The highest BCUT2D eigenvalue weighted by Crippen LogP contribution is 2.44. The van der Waals surface area contributed by atoms with E-state index in [0.717, 1.165) is 23.4 Å². The molecule has 92 valence electrons. The van der Waals surface area contributed by atoms with Gasteiger partial charge in [-0.1, -0.05) is 13.3 Å². The van der Waals surface area contributed by atoms with Crippen molar-refractivity contribution in [3.05, 3.63) is 0 Å². The third kappa shape index (κ3) is 2.66. The van der Waals surface area contributed by atoms with Crippen LogP contribution in [0.4, 0.5) is 0 Å². The van der Waals surface area contributed by atoms with Gasteiger partial charge < -0.3 is 15.7 Å². The summed E-state index contributed by atoms with van der Waals surface area (Å²) in [4.78, 5) is 0. The smallest absolute Gasteiger partial charge is 0.166 e. The Hall–Kier alpha value is -0.350. The highest BCUT2D eigenvalue weighted by molar-refractivity contribution is 7.80. The molecule has 0 aliphatic heterocycles. The second kappa shape index (κ2) is 5.32. The van der Waals surface area contributed by atoms with E-state index in [0.29, 0.717) is 6.04 Å². The number of hydrogen-bond acceptors (Lipinski definition) is 2. The normalized spacial score (nSPS) is 33.8. The van der Waals surface area contributed by atoms with Gasteiger partial charge in [0.25, 0.3) is 0 Å². The van der Waals surface area contributed by atoms with Crippen molar-refractivity contribution in [2.75, 3.05) is 6.61 Å². The van der Waals surface area contributed by atoms with Gasteiger partial charge in [0.05, 0.1) is 12.6 Å². The minimum atomic E-state index is 0.0959. The SMILES string of the molecule is CCC(CO)NC(=S)NC1CC2CCC1C2. The molecule has 0 radical (unpaired) electrons. The Morgan fingerprint density at radius 1 is 1.44 bits per heavy atom. The lowest BCUT2D eigenvalue weighted by Crippen LogP contribution is -2.48. The van der Waals surface area contributed by atoms with Gasteiger partial charge in [0, 0.05) is 6.04 Å². The van der Waals surface area contributed by atoms with E-state index in [9.17, 15) is 0 Å². The molecule has 2 aliphatic carbocycles. The molecule has 0 saturated heterocycles. The number of hydrogen-bond donors (Lipinski definition) is 3. The third-order valence-electron chi connectivity index (χ3n) is 4.10. The Labute approximate surface area is 103 Å². The second-order valence-corrected chi connectivity index (χ2v) is 5.60. The van der Waals surface area contributed by atoms with Crippen LogP contribution < -0.4 is 10.6 Å². The zero-order valence-electron chi connectivity index (χ0n) is 9.91. The maximum absolute atomic E-state index is 9.09. The molecular formula is C12H22N2OS. The first-order valence-electron chi connectivity index (χ1n) is 6.40. The zero-order valence-corrected chi connectivity index (χ0v) is 10.7. The first kappa shape index (κ1) is 12.1. The van der Waals surface area contributed by atoms with E-state index in [2.05, 4.69) is 10.6 Å². The molecule has 2 bridgehead atoms. The summed E-state index contributed by atoms with van der Waals surface area (Å²) >= 11 is 5.28. The van der Waals surface area contributed by atoms with Crippen LogP contribution in [0.15, 0.2) is 0 Å². The molecule has 2 rings (SSSR count). The molecule has 0 aromatic carbocycles. The van der Waals surface area contributed by atoms with Crippen molar-refractivity contribution in [1.82, 2.24) is 10.6 Å². The standard InChI is InChI=1S/C12H22N2OS/c1-2-10(7-15)13-12(16)14-11-6-8-3-4-9(11)5-8/h8-11,15H,2-7H2,1H3,(H2,13,14,16). The summed E-state index contributed by atoms with van der Waals surface area (Å²) in [7, 11) is 0. The molecule has 4 atom stereocenters. The molecular weight excluding hydrogens is 220 g/mol. The van der Waals surface area contributed by atoms with E-state index in [1.54, 1.807) is 0 Å². The van der Waals surface area contributed by atoms with Crippen LogP contribution in [-0.2, 0) is 0 Å². The summed E-state index contributed by atoms with van der Waals surface area (Å²) < 4.78 is 0. The molecule has 2 saturated carbocycles. The van der Waals surface area contributed by atoms with Crippen molar-refractivity contribution in [2.24, 2.45) is 11.8 Å². The molecule has 0 heterocycles. The van der Waals surface area contributed by atoms with Gasteiger partial charge in [-0.2, -0.15) is 0 Å².